The van der Waals surface area contributed by atoms with Crippen LogP contribution in [0.15, 0.2) is 53.0 Å². The first-order chi connectivity index (χ1) is 11.8. The number of carboxylic acids is 1. The van der Waals surface area contributed by atoms with Gasteiger partial charge in [0.15, 0.2) is 0 Å². The number of hydrogen-bond donors (Lipinski definition) is 1. The summed E-state index contributed by atoms with van der Waals surface area (Å²) in [5, 5.41) is 9.65. The molecule has 1 N–H and O–H groups in total. The van der Waals surface area contributed by atoms with Gasteiger partial charge < -0.3 is 14.7 Å². The van der Waals surface area contributed by atoms with Crippen molar-refractivity contribution >= 4 is 33.5 Å². The summed E-state index contributed by atoms with van der Waals surface area (Å²) >= 11 is 3.40. The van der Waals surface area contributed by atoms with Gasteiger partial charge in [-0.1, -0.05) is 33.7 Å². The van der Waals surface area contributed by atoms with E-state index in [4.69, 9.17) is 4.74 Å². The van der Waals surface area contributed by atoms with Gasteiger partial charge in [-0.2, -0.15) is 0 Å². The van der Waals surface area contributed by atoms with E-state index in [1.165, 1.54) is 0 Å². The van der Waals surface area contributed by atoms with Crippen LogP contribution in [0.3, 0.4) is 0 Å². The molecule has 1 aromatic rings. The predicted octanol–water partition coefficient (Wildman–Crippen LogP) is 3.15. The van der Waals surface area contributed by atoms with Gasteiger partial charge in [-0.05, 0) is 37.6 Å². The maximum atomic E-state index is 13.3. The number of anilines is 1. The lowest BCUT2D eigenvalue weighted by atomic mass is 9.74. The molecule has 0 unspecified atom stereocenters. The van der Waals surface area contributed by atoms with E-state index in [9.17, 15) is 14.7 Å². The maximum absolute atomic E-state index is 13.3. The maximum Gasteiger partial charge on any atom is 0.310 e. The first-order valence-corrected chi connectivity index (χ1v) is 8.97. The monoisotopic (exact) mass is 403 g/mol. The van der Waals surface area contributed by atoms with E-state index in [0.717, 1.165) is 15.7 Å². The molecule has 3 aliphatic rings. The lowest BCUT2D eigenvalue weighted by molar-refractivity contribution is -0.146. The second-order valence-corrected chi connectivity index (χ2v) is 7.91. The molecule has 1 aromatic carbocycles. The fourth-order valence-corrected chi connectivity index (χ4v) is 4.69. The molecule has 25 heavy (non-hydrogen) atoms. The summed E-state index contributed by atoms with van der Waals surface area (Å²) in [6.07, 6.45) is 3.71. The number of rotatable bonds is 4. The highest BCUT2D eigenvalue weighted by Crippen LogP contribution is 2.56. The Balaban J connectivity index is 1.84. The molecule has 0 saturated carbocycles. The van der Waals surface area contributed by atoms with Crippen molar-refractivity contribution in [2.24, 2.45) is 11.8 Å². The summed E-state index contributed by atoms with van der Waals surface area (Å²) in [5.74, 6) is -2.72. The first-order valence-electron chi connectivity index (χ1n) is 8.18. The Kier molecular flexibility index (Phi) is 3.67. The Morgan fingerprint density at radius 3 is 2.68 bits per heavy atom. The van der Waals surface area contributed by atoms with Crippen LogP contribution in [-0.4, -0.2) is 34.7 Å². The number of amides is 1. The number of fused-ring (bicyclic) bond motifs is 1. The van der Waals surface area contributed by atoms with Gasteiger partial charge in [0.2, 0.25) is 5.91 Å². The number of hydrogen-bond acceptors (Lipinski definition) is 3. The minimum Gasteiger partial charge on any atom is -0.481 e. The fraction of sp³-hybridized carbons (Fsp3) is 0.368. The number of carbonyl (C=O) groups is 2. The minimum absolute atomic E-state index is 0.187. The lowest BCUT2D eigenvalue weighted by Crippen LogP contribution is -2.45. The Labute approximate surface area is 154 Å². The summed E-state index contributed by atoms with van der Waals surface area (Å²) in [6, 6.07) is 7.16. The zero-order chi connectivity index (χ0) is 17.9. The van der Waals surface area contributed by atoms with Crippen molar-refractivity contribution in [3.63, 3.8) is 0 Å². The number of aliphatic carboxylic acids is 1. The molecule has 5 atom stereocenters. The molecular formula is C19H18BrNO4. The van der Waals surface area contributed by atoms with Gasteiger partial charge in [0.25, 0.3) is 0 Å². The summed E-state index contributed by atoms with van der Waals surface area (Å²) < 4.78 is 7.03. The van der Waals surface area contributed by atoms with Crippen molar-refractivity contribution < 1.29 is 19.4 Å². The molecule has 2 fully saturated rings. The van der Waals surface area contributed by atoms with Crippen LogP contribution in [0.25, 0.3) is 0 Å². The van der Waals surface area contributed by atoms with Crippen molar-refractivity contribution in [3.8, 4) is 0 Å². The molecule has 1 spiro atoms. The topological polar surface area (TPSA) is 66.8 Å². The Morgan fingerprint density at radius 1 is 1.40 bits per heavy atom. The predicted molar refractivity (Wildman–Crippen MR) is 96.2 cm³/mol. The highest BCUT2D eigenvalue weighted by molar-refractivity contribution is 9.10. The summed E-state index contributed by atoms with van der Waals surface area (Å²) in [4.78, 5) is 26.8. The van der Waals surface area contributed by atoms with Crippen molar-refractivity contribution in [3.05, 3.63) is 53.0 Å². The SMILES string of the molecule is C=C(C)C[C@@H]1N(c2ccc(Br)cc2)C(=O)[C@H]2[C@@H](C(=O)O)[C@@H]3C=C[C@@]12O3. The van der Waals surface area contributed by atoms with E-state index in [-0.39, 0.29) is 11.9 Å². The van der Waals surface area contributed by atoms with Gasteiger partial charge in [0.05, 0.1) is 18.1 Å². The van der Waals surface area contributed by atoms with Crippen LogP contribution in [0, 0.1) is 11.8 Å². The quantitative estimate of drug-likeness (QED) is 0.784. The Hall–Kier alpha value is -1.92. The zero-order valence-corrected chi connectivity index (χ0v) is 15.3. The van der Waals surface area contributed by atoms with Crippen LogP contribution < -0.4 is 4.90 Å². The molecule has 3 heterocycles. The van der Waals surface area contributed by atoms with E-state index in [1.54, 1.807) is 11.0 Å². The van der Waals surface area contributed by atoms with Gasteiger partial charge >= 0.3 is 5.97 Å². The number of halogens is 1. The van der Waals surface area contributed by atoms with Gasteiger partial charge in [-0.3, -0.25) is 9.59 Å². The molecule has 5 nitrogen and oxygen atoms in total. The third-order valence-corrected chi connectivity index (χ3v) is 5.88. The van der Waals surface area contributed by atoms with E-state index in [1.807, 2.05) is 37.3 Å². The summed E-state index contributed by atoms with van der Waals surface area (Å²) in [5.41, 5.74) is 0.776. The molecule has 6 heteroatoms. The van der Waals surface area contributed by atoms with Crippen LogP contribution in [0.4, 0.5) is 5.69 Å². The fourth-order valence-electron chi connectivity index (χ4n) is 4.42. The lowest BCUT2D eigenvalue weighted by Gasteiger charge is -2.33. The van der Waals surface area contributed by atoms with Gasteiger partial charge in [0, 0.05) is 10.2 Å². The van der Waals surface area contributed by atoms with Crippen molar-refractivity contribution in [2.75, 3.05) is 4.90 Å². The van der Waals surface area contributed by atoms with Crippen LogP contribution in [0.5, 0.6) is 0 Å². The molecule has 1 amide bonds. The first kappa shape index (κ1) is 16.5. The third-order valence-electron chi connectivity index (χ3n) is 5.35. The minimum atomic E-state index is -0.985. The van der Waals surface area contributed by atoms with Crippen molar-refractivity contribution in [2.45, 2.75) is 31.1 Å². The molecule has 0 radical (unpaired) electrons. The number of carboxylic acid groups (broad SMARTS) is 1. The number of carbonyl (C=O) groups excluding carboxylic acids is 1. The molecule has 0 aliphatic carbocycles. The standard InChI is InChI=1S/C19H18BrNO4/c1-10(2)9-14-19-8-7-13(25-19)15(18(23)24)16(19)17(22)21(14)12-5-3-11(20)4-6-12/h3-8,13-16H,1,9H2,2H3,(H,23,24)/t13-,14-,15-,16+,19+/m0/s1. The molecule has 130 valence electrons. The molecular weight excluding hydrogens is 386 g/mol. The van der Waals surface area contributed by atoms with Gasteiger partial charge in [-0.25, -0.2) is 0 Å². The Bertz CT molecular complexity index is 802. The van der Waals surface area contributed by atoms with Gasteiger partial charge in [0.1, 0.15) is 11.5 Å². The average Bonchev–Trinajstić information content (AvgIpc) is 3.18. The van der Waals surface area contributed by atoms with Crippen LogP contribution in [0.1, 0.15) is 13.3 Å². The highest BCUT2D eigenvalue weighted by Gasteiger charge is 2.71. The van der Waals surface area contributed by atoms with Crippen LogP contribution >= 0.6 is 15.9 Å². The molecule has 4 rings (SSSR count). The average molecular weight is 404 g/mol. The number of ether oxygens (including phenoxy) is 1. The molecule has 2 bridgehead atoms. The summed E-state index contributed by atoms with van der Waals surface area (Å²) in [7, 11) is 0. The largest absolute Gasteiger partial charge is 0.481 e. The normalized spacial score (nSPS) is 35.3. The number of nitrogens with zero attached hydrogens (tertiary/aromatic N) is 1. The second kappa shape index (κ2) is 5.54. The van der Waals surface area contributed by atoms with E-state index < -0.39 is 29.5 Å². The third kappa shape index (κ3) is 2.24. The molecule has 3 aliphatic heterocycles. The molecule has 2 saturated heterocycles. The second-order valence-electron chi connectivity index (χ2n) is 7.00. The number of benzene rings is 1. The smallest absolute Gasteiger partial charge is 0.310 e. The zero-order valence-electron chi connectivity index (χ0n) is 13.7. The van der Waals surface area contributed by atoms with Crippen LogP contribution in [0.2, 0.25) is 0 Å². The Morgan fingerprint density at radius 2 is 2.08 bits per heavy atom. The highest BCUT2D eigenvalue weighted by atomic mass is 79.9. The van der Waals surface area contributed by atoms with Gasteiger partial charge in [-0.15, -0.1) is 6.58 Å². The van der Waals surface area contributed by atoms with Crippen molar-refractivity contribution in [1.82, 2.24) is 0 Å². The van der Waals surface area contributed by atoms with Crippen molar-refractivity contribution in [1.29, 1.82) is 0 Å². The van der Waals surface area contributed by atoms with Crippen LogP contribution in [-0.2, 0) is 14.3 Å². The van der Waals surface area contributed by atoms with E-state index in [0.29, 0.717) is 6.42 Å². The van der Waals surface area contributed by atoms with E-state index >= 15 is 0 Å². The van der Waals surface area contributed by atoms with E-state index in [2.05, 4.69) is 22.5 Å². The molecule has 0 aromatic heterocycles. The summed E-state index contributed by atoms with van der Waals surface area (Å²) in [6.45, 7) is 5.90.